The van der Waals surface area contributed by atoms with E-state index in [1.165, 1.54) is 24.0 Å². The molecule has 1 aliphatic rings. The topological polar surface area (TPSA) is 109 Å². The molecule has 44 heavy (non-hydrogen) atoms. The van der Waals surface area contributed by atoms with Crippen LogP contribution in [0.2, 0.25) is 10.0 Å². The number of anilines is 2. The molecule has 0 atom stereocenters. The van der Waals surface area contributed by atoms with Crippen LogP contribution in [0, 0.1) is 0 Å². The number of hydrogen-bond acceptors (Lipinski definition) is 6. The summed E-state index contributed by atoms with van der Waals surface area (Å²) in [5, 5.41) is 15.3. The van der Waals surface area contributed by atoms with Crippen molar-refractivity contribution >= 4 is 57.2 Å². The number of thiazole rings is 1. The van der Waals surface area contributed by atoms with Gasteiger partial charge < -0.3 is 21.1 Å². The number of benzene rings is 3. The third-order valence-electron chi connectivity index (χ3n) is 6.76. The van der Waals surface area contributed by atoms with E-state index in [1.54, 1.807) is 29.5 Å². The van der Waals surface area contributed by atoms with Crippen LogP contribution < -0.4 is 16.0 Å². The highest BCUT2D eigenvalue weighted by Crippen LogP contribution is 2.37. The number of carboxylic acids is 1. The molecule has 5 rings (SSSR count). The number of halogens is 2. The number of nitrogens with two attached hydrogens (primary N) is 1. The summed E-state index contributed by atoms with van der Waals surface area (Å²) in [6.07, 6.45) is 4.51. The third kappa shape index (κ3) is 9.79. The van der Waals surface area contributed by atoms with Crippen molar-refractivity contribution in [1.82, 2.24) is 10.3 Å². The van der Waals surface area contributed by atoms with Crippen molar-refractivity contribution in [1.29, 1.82) is 0 Å². The van der Waals surface area contributed by atoms with Crippen molar-refractivity contribution in [3.8, 4) is 11.3 Å². The fraction of sp³-hybridized carbons (Fsp3) is 0.324. The average molecular weight is 654 g/mol. The van der Waals surface area contributed by atoms with Gasteiger partial charge in [-0.25, -0.2) is 4.98 Å². The minimum absolute atomic E-state index is 0. The number of nitrogens with zero attached hydrogens (tertiary/aromatic N) is 2. The molecule has 4 N–H and O–H groups in total. The van der Waals surface area contributed by atoms with E-state index in [-0.39, 0.29) is 24.4 Å². The standard InChI is InChI=1S/C30H27Cl2N3O3S.C4H11N/c31-25-12-10-23(16-26(25)32)27-18-39-30(34-27)35(24-11-9-20-3-1-2-4-22(20)15-24)17-19-5-7-21(8-6-19)29(38)33-14-13-28(36)37;1-4(2,3)5/h5-12,15-16,18H,1-4,13-14,17H2,(H,33,38)(H,36,37);5H2,1-3H3. The Morgan fingerprint density at radius 2 is 1.66 bits per heavy atom. The van der Waals surface area contributed by atoms with Crippen molar-refractivity contribution in [2.45, 2.75) is 65.0 Å². The van der Waals surface area contributed by atoms with Gasteiger partial charge in [-0.05, 0) is 99.5 Å². The fourth-order valence-corrected chi connectivity index (χ4v) is 5.81. The molecule has 232 valence electrons. The van der Waals surface area contributed by atoms with Gasteiger partial charge in [0.2, 0.25) is 0 Å². The van der Waals surface area contributed by atoms with Crippen molar-refractivity contribution in [3.63, 3.8) is 0 Å². The molecular formula is C34H38Cl2N4O3S. The van der Waals surface area contributed by atoms with Crippen molar-refractivity contribution < 1.29 is 14.7 Å². The van der Waals surface area contributed by atoms with Gasteiger partial charge in [-0.3, -0.25) is 9.59 Å². The summed E-state index contributed by atoms with van der Waals surface area (Å²) in [7, 11) is 0. The van der Waals surface area contributed by atoms with Crippen LogP contribution >= 0.6 is 34.5 Å². The zero-order valence-electron chi connectivity index (χ0n) is 25.2. The Kier molecular flexibility index (Phi) is 11.4. The molecular weight excluding hydrogens is 615 g/mol. The molecule has 1 aromatic heterocycles. The van der Waals surface area contributed by atoms with Gasteiger partial charge in [-0.2, -0.15) is 0 Å². The first-order chi connectivity index (χ1) is 20.9. The lowest BCUT2D eigenvalue weighted by Gasteiger charge is -2.25. The van der Waals surface area contributed by atoms with Crippen molar-refractivity contribution in [3.05, 3.63) is 98.3 Å². The molecule has 0 fully saturated rings. The van der Waals surface area contributed by atoms with Gasteiger partial charge in [-0.1, -0.05) is 47.5 Å². The summed E-state index contributed by atoms with van der Waals surface area (Å²) in [4.78, 5) is 30.3. The van der Waals surface area contributed by atoms with Crippen LogP contribution in [0.1, 0.15) is 67.1 Å². The van der Waals surface area contributed by atoms with E-state index in [1.807, 2.05) is 50.4 Å². The van der Waals surface area contributed by atoms with Gasteiger partial charge in [0.25, 0.3) is 5.91 Å². The number of hydrogen-bond donors (Lipinski definition) is 3. The average Bonchev–Trinajstić information content (AvgIpc) is 3.46. The third-order valence-corrected chi connectivity index (χ3v) is 8.37. The number of aryl methyl sites for hydroxylation is 2. The van der Waals surface area contributed by atoms with Crippen molar-refractivity contribution in [2.75, 3.05) is 11.4 Å². The molecule has 1 heterocycles. The highest BCUT2D eigenvalue weighted by molar-refractivity contribution is 7.14. The first kappa shape index (κ1) is 33.5. The maximum Gasteiger partial charge on any atom is 0.305 e. The second-order valence-corrected chi connectivity index (χ2v) is 13.5. The van der Waals surface area contributed by atoms with Crippen LogP contribution in [0.4, 0.5) is 10.8 Å². The first-order valence-electron chi connectivity index (χ1n) is 14.6. The van der Waals surface area contributed by atoms with Crippen LogP contribution in [0.5, 0.6) is 0 Å². The van der Waals surface area contributed by atoms with Crippen LogP contribution in [0.15, 0.2) is 66.0 Å². The van der Waals surface area contributed by atoms with E-state index in [9.17, 15) is 9.59 Å². The molecule has 0 radical (unpaired) electrons. The monoisotopic (exact) mass is 652 g/mol. The Balaban J connectivity index is 0.000000818. The number of carbonyl (C=O) groups is 2. The Morgan fingerprint density at radius 1 is 0.977 bits per heavy atom. The van der Waals surface area contributed by atoms with Gasteiger partial charge in [-0.15, -0.1) is 11.3 Å². The quantitative estimate of drug-likeness (QED) is 0.168. The Morgan fingerprint density at radius 3 is 2.32 bits per heavy atom. The molecule has 0 bridgehead atoms. The predicted molar refractivity (Wildman–Crippen MR) is 181 cm³/mol. The van der Waals surface area contributed by atoms with Gasteiger partial charge >= 0.3 is 5.97 Å². The molecule has 0 saturated heterocycles. The zero-order chi connectivity index (χ0) is 31.9. The van der Waals surface area contributed by atoms with E-state index in [4.69, 9.17) is 39.0 Å². The van der Waals surface area contributed by atoms with E-state index in [0.29, 0.717) is 22.2 Å². The minimum atomic E-state index is -0.947. The second kappa shape index (κ2) is 15.0. The number of amides is 1. The highest BCUT2D eigenvalue weighted by Gasteiger charge is 2.19. The highest BCUT2D eigenvalue weighted by atomic mass is 35.5. The smallest absolute Gasteiger partial charge is 0.305 e. The number of aromatic nitrogens is 1. The molecule has 0 unspecified atom stereocenters. The summed E-state index contributed by atoms with van der Waals surface area (Å²) < 4.78 is 0. The molecule has 1 aliphatic carbocycles. The molecule has 0 saturated carbocycles. The van der Waals surface area contributed by atoms with Crippen LogP contribution in [-0.2, 0) is 24.2 Å². The summed E-state index contributed by atoms with van der Waals surface area (Å²) in [5.41, 5.74) is 12.5. The first-order valence-corrected chi connectivity index (χ1v) is 16.2. The number of rotatable bonds is 9. The Labute approximate surface area is 273 Å². The van der Waals surface area contributed by atoms with E-state index in [0.717, 1.165) is 40.5 Å². The van der Waals surface area contributed by atoms with Crippen LogP contribution in [-0.4, -0.2) is 34.1 Å². The number of fused-ring (bicyclic) bond motifs is 1. The lowest BCUT2D eigenvalue weighted by molar-refractivity contribution is -0.136. The number of nitrogens with one attached hydrogen (secondary N) is 1. The van der Waals surface area contributed by atoms with E-state index < -0.39 is 5.97 Å². The summed E-state index contributed by atoms with van der Waals surface area (Å²) >= 11 is 13.9. The molecule has 3 aromatic carbocycles. The molecule has 7 nitrogen and oxygen atoms in total. The predicted octanol–water partition coefficient (Wildman–Crippen LogP) is 8.28. The number of carbonyl (C=O) groups excluding carboxylic acids is 1. The van der Waals surface area contributed by atoms with Gasteiger partial charge in [0.1, 0.15) is 0 Å². The Hall–Kier alpha value is -3.43. The lowest BCUT2D eigenvalue weighted by atomic mass is 9.91. The summed E-state index contributed by atoms with van der Waals surface area (Å²) in [5.74, 6) is -1.24. The fourth-order valence-electron chi connectivity index (χ4n) is 4.66. The maximum atomic E-state index is 12.4. The zero-order valence-corrected chi connectivity index (χ0v) is 27.5. The van der Waals surface area contributed by atoms with E-state index in [2.05, 4.69) is 28.4 Å². The SMILES string of the molecule is CC(C)(C)N.O=C(O)CCNC(=O)c1ccc(CN(c2ccc3c(c2)CCCC3)c2nc(-c3ccc(Cl)c(Cl)c3)cs2)cc1. The molecule has 1 amide bonds. The minimum Gasteiger partial charge on any atom is -0.481 e. The maximum absolute atomic E-state index is 12.4. The molecule has 10 heteroatoms. The normalized spacial score (nSPS) is 12.5. The molecule has 0 spiro atoms. The number of aliphatic carboxylic acids is 1. The van der Waals surface area contributed by atoms with Gasteiger partial charge in [0, 0.05) is 34.3 Å². The largest absolute Gasteiger partial charge is 0.481 e. The number of carboxylic acid groups (broad SMARTS) is 1. The lowest BCUT2D eigenvalue weighted by Crippen LogP contribution is -2.26. The Bertz CT molecular complexity index is 1590. The summed E-state index contributed by atoms with van der Waals surface area (Å²) in [6.45, 7) is 6.55. The summed E-state index contributed by atoms with van der Waals surface area (Å²) in [6, 6.07) is 19.6. The van der Waals surface area contributed by atoms with Crippen LogP contribution in [0.25, 0.3) is 11.3 Å². The van der Waals surface area contributed by atoms with Crippen molar-refractivity contribution in [2.24, 2.45) is 5.73 Å². The molecule has 4 aromatic rings. The van der Waals surface area contributed by atoms with Gasteiger partial charge in [0.05, 0.1) is 28.7 Å². The second-order valence-electron chi connectivity index (χ2n) is 11.9. The van der Waals surface area contributed by atoms with E-state index >= 15 is 0 Å². The van der Waals surface area contributed by atoms with Crippen LogP contribution in [0.3, 0.4) is 0 Å². The van der Waals surface area contributed by atoms with Gasteiger partial charge in [0.15, 0.2) is 5.13 Å². The molecule has 0 aliphatic heterocycles.